The smallest absolute Gasteiger partial charge is 0.238 e. The van der Waals surface area contributed by atoms with Crippen LogP contribution < -0.4 is 25.0 Å². The van der Waals surface area contributed by atoms with Crippen LogP contribution >= 0.6 is 0 Å². The lowest BCUT2D eigenvalue weighted by Gasteiger charge is -2.31. The summed E-state index contributed by atoms with van der Waals surface area (Å²) in [5.41, 5.74) is 2.71. The van der Waals surface area contributed by atoms with Gasteiger partial charge in [-0.2, -0.15) is 0 Å². The molecular weight excluding hydrogens is 394 g/mol. The van der Waals surface area contributed by atoms with Crippen LogP contribution in [0.15, 0.2) is 42.5 Å². The van der Waals surface area contributed by atoms with Crippen molar-refractivity contribution < 1.29 is 19.0 Å². The lowest BCUT2D eigenvalue weighted by molar-refractivity contribution is -0.115. The molecule has 1 fully saturated rings. The molecule has 0 saturated carbocycles. The molecule has 0 spiro atoms. The van der Waals surface area contributed by atoms with E-state index in [2.05, 4.69) is 15.5 Å². The third kappa shape index (κ3) is 6.35. The number of carbonyl (C=O) groups is 1. The number of hydrogen-bond acceptors (Lipinski definition) is 6. The number of rotatable bonds is 10. The maximum atomic E-state index is 12.7. The van der Waals surface area contributed by atoms with Gasteiger partial charge < -0.3 is 29.7 Å². The second-order valence-corrected chi connectivity index (χ2v) is 7.34. The number of anilines is 2. The highest BCUT2D eigenvalue weighted by Crippen LogP contribution is 2.39. The summed E-state index contributed by atoms with van der Waals surface area (Å²) < 4.78 is 17.2. The highest BCUT2D eigenvalue weighted by atomic mass is 16.5. The zero-order valence-corrected chi connectivity index (χ0v) is 18.6. The lowest BCUT2D eigenvalue weighted by atomic mass is 10.1. The van der Waals surface area contributed by atoms with Gasteiger partial charge in [0.15, 0.2) is 0 Å². The molecule has 2 aromatic rings. The van der Waals surface area contributed by atoms with E-state index in [-0.39, 0.29) is 18.5 Å². The van der Waals surface area contributed by atoms with Gasteiger partial charge in [-0.15, -0.1) is 0 Å². The molecule has 2 N–H and O–H groups in total. The van der Waals surface area contributed by atoms with Crippen molar-refractivity contribution in [1.82, 2.24) is 5.32 Å². The first-order chi connectivity index (χ1) is 15.1. The van der Waals surface area contributed by atoms with Crippen LogP contribution in [0.5, 0.6) is 11.5 Å². The van der Waals surface area contributed by atoms with Gasteiger partial charge in [-0.1, -0.05) is 30.3 Å². The fourth-order valence-corrected chi connectivity index (χ4v) is 3.54. The highest BCUT2D eigenvalue weighted by Gasteiger charge is 2.20. The molecular formula is C24H33N3O4. The maximum absolute atomic E-state index is 12.7. The summed E-state index contributed by atoms with van der Waals surface area (Å²) in [6, 6.07) is 13.9. The molecule has 1 aliphatic heterocycles. The molecule has 3 rings (SSSR count). The molecule has 168 valence electrons. The van der Waals surface area contributed by atoms with Crippen molar-refractivity contribution in [1.29, 1.82) is 0 Å². The Morgan fingerprint density at radius 1 is 1.06 bits per heavy atom. The zero-order chi connectivity index (χ0) is 22.1. The quantitative estimate of drug-likeness (QED) is 0.604. The highest BCUT2D eigenvalue weighted by molar-refractivity contribution is 5.94. The Morgan fingerprint density at radius 3 is 2.42 bits per heavy atom. The first-order valence-electron chi connectivity index (χ1n) is 11.0. The average Bonchev–Trinajstić information content (AvgIpc) is 2.80. The number of amides is 1. The first kappa shape index (κ1) is 22.9. The average molecular weight is 428 g/mol. The Bertz CT molecular complexity index is 838. The zero-order valence-electron chi connectivity index (χ0n) is 18.6. The summed E-state index contributed by atoms with van der Waals surface area (Å²) in [4.78, 5) is 14.9. The lowest BCUT2D eigenvalue weighted by Crippen LogP contribution is -2.36. The van der Waals surface area contributed by atoms with Crippen molar-refractivity contribution in [3.63, 3.8) is 0 Å². The van der Waals surface area contributed by atoms with Crippen molar-refractivity contribution in [2.45, 2.75) is 26.8 Å². The van der Waals surface area contributed by atoms with Gasteiger partial charge in [-0.05, 0) is 26.3 Å². The monoisotopic (exact) mass is 427 g/mol. The summed E-state index contributed by atoms with van der Waals surface area (Å²) >= 11 is 0. The molecule has 0 unspecified atom stereocenters. The van der Waals surface area contributed by atoms with Gasteiger partial charge in [0.2, 0.25) is 5.91 Å². The Labute approximate surface area is 184 Å². The molecule has 0 radical (unpaired) electrons. The largest absolute Gasteiger partial charge is 0.492 e. The van der Waals surface area contributed by atoms with Crippen LogP contribution in [0, 0.1) is 0 Å². The van der Waals surface area contributed by atoms with E-state index in [0.29, 0.717) is 37.9 Å². The molecule has 7 heteroatoms. The van der Waals surface area contributed by atoms with Gasteiger partial charge in [0.05, 0.1) is 44.3 Å². The molecule has 0 aliphatic carbocycles. The molecule has 0 aromatic heterocycles. The van der Waals surface area contributed by atoms with Gasteiger partial charge in [0.1, 0.15) is 11.5 Å². The maximum Gasteiger partial charge on any atom is 0.238 e. The van der Waals surface area contributed by atoms with Gasteiger partial charge in [-0.3, -0.25) is 4.79 Å². The molecule has 1 saturated heterocycles. The summed E-state index contributed by atoms with van der Waals surface area (Å²) in [5, 5.41) is 6.25. The minimum absolute atomic E-state index is 0.0704. The van der Waals surface area contributed by atoms with Crippen LogP contribution in [0.25, 0.3) is 0 Å². The number of ether oxygens (including phenoxy) is 3. The minimum atomic E-state index is -0.134. The molecule has 2 aromatic carbocycles. The number of hydrogen-bond donors (Lipinski definition) is 2. The summed E-state index contributed by atoms with van der Waals surface area (Å²) in [5.74, 6) is 1.23. The van der Waals surface area contributed by atoms with Crippen LogP contribution in [-0.4, -0.2) is 52.0 Å². The molecule has 0 bridgehead atoms. The number of carbonyl (C=O) groups excluding carboxylic acids is 1. The van der Waals surface area contributed by atoms with E-state index in [0.717, 1.165) is 30.1 Å². The molecule has 7 nitrogen and oxygen atoms in total. The number of morpholine rings is 1. The first-order valence-corrected chi connectivity index (χ1v) is 11.0. The fraction of sp³-hybridized carbons (Fsp3) is 0.458. The van der Waals surface area contributed by atoms with E-state index < -0.39 is 0 Å². The summed E-state index contributed by atoms with van der Waals surface area (Å²) in [7, 11) is 0. The number of nitrogens with one attached hydrogen (secondary N) is 2. The van der Waals surface area contributed by atoms with E-state index in [1.807, 2.05) is 63.2 Å². The second-order valence-electron chi connectivity index (χ2n) is 7.34. The van der Waals surface area contributed by atoms with Gasteiger partial charge in [0, 0.05) is 31.3 Å². The molecule has 1 aliphatic rings. The third-order valence-corrected chi connectivity index (χ3v) is 5.16. The van der Waals surface area contributed by atoms with Crippen molar-refractivity contribution in [3.8, 4) is 11.5 Å². The van der Waals surface area contributed by atoms with Gasteiger partial charge in [0.25, 0.3) is 0 Å². The van der Waals surface area contributed by atoms with E-state index in [1.165, 1.54) is 0 Å². The Morgan fingerprint density at radius 2 is 1.74 bits per heavy atom. The summed E-state index contributed by atoms with van der Waals surface area (Å²) in [6.45, 7) is 10.1. The molecule has 1 heterocycles. The van der Waals surface area contributed by atoms with Crippen molar-refractivity contribution >= 4 is 17.3 Å². The van der Waals surface area contributed by atoms with Crippen LogP contribution in [0.2, 0.25) is 0 Å². The standard InChI is InChI=1S/C24H33N3O4/c1-4-30-22-16-21(27-11-13-29-14-12-27)23(31-5-2)15-20(22)26-24(28)17-25-18(3)19-9-7-6-8-10-19/h6-10,15-16,18,25H,4-5,11-14,17H2,1-3H3,(H,26,28)/t18-/m0/s1. The SMILES string of the molecule is CCOc1cc(N2CCOCC2)c(OCC)cc1NC(=O)CN[C@@H](C)c1ccccc1. The van der Waals surface area contributed by atoms with Crippen LogP contribution in [0.4, 0.5) is 11.4 Å². The normalized spacial score (nSPS) is 14.7. The van der Waals surface area contributed by atoms with E-state index in [4.69, 9.17) is 14.2 Å². The third-order valence-electron chi connectivity index (χ3n) is 5.16. The van der Waals surface area contributed by atoms with E-state index >= 15 is 0 Å². The Hall–Kier alpha value is -2.77. The molecule has 1 amide bonds. The van der Waals surface area contributed by atoms with Gasteiger partial charge in [-0.25, -0.2) is 0 Å². The van der Waals surface area contributed by atoms with Crippen LogP contribution in [0.1, 0.15) is 32.4 Å². The van der Waals surface area contributed by atoms with Crippen molar-refractivity contribution in [3.05, 3.63) is 48.0 Å². The second kappa shape index (κ2) is 11.6. The summed E-state index contributed by atoms with van der Waals surface area (Å²) in [6.07, 6.45) is 0. The fourth-order valence-electron chi connectivity index (χ4n) is 3.54. The topological polar surface area (TPSA) is 72.1 Å². The molecule has 1 atom stereocenters. The predicted octanol–water partition coefficient (Wildman–Crippen LogP) is 3.61. The predicted molar refractivity (Wildman–Crippen MR) is 123 cm³/mol. The van der Waals surface area contributed by atoms with Crippen LogP contribution in [0.3, 0.4) is 0 Å². The van der Waals surface area contributed by atoms with Gasteiger partial charge >= 0.3 is 0 Å². The van der Waals surface area contributed by atoms with Crippen molar-refractivity contribution in [2.24, 2.45) is 0 Å². The number of nitrogens with zero attached hydrogens (tertiary/aromatic N) is 1. The minimum Gasteiger partial charge on any atom is -0.492 e. The van der Waals surface area contributed by atoms with Crippen LogP contribution in [-0.2, 0) is 9.53 Å². The van der Waals surface area contributed by atoms with Crippen molar-refractivity contribution in [2.75, 3.05) is 56.3 Å². The van der Waals surface area contributed by atoms with E-state index in [9.17, 15) is 4.79 Å². The number of benzene rings is 2. The Kier molecular flexibility index (Phi) is 8.55. The molecule has 31 heavy (non-hydrogen) atoms. The van der Waals surface area contributed by atoms with E-state index in [1.54, 1.807) is 0 Å². The Balaban J connectivity index is 1.73.